The minimum Gasteiger partial charge on any atom is -0.480 e. The first kappa shape index (κ1) is 44.2. The maximum absolute atomic E-state index is 15.0. The first-order chi connectivity index (χ1) is 26.0. The summed E-state index contributed by atoms with van der Waals surface area (Å²) >= 11 is 0. The van der Waals surface area contributed by atoms with E-state index >= 15 is 4.39 Å². The predicted octanol–water partition coefficient (Wildman–Crippen LogP) is 2.43. The first-order valence-corrected chi connectivity index (χ1v) is 18.1. The lowest BCUT2D eigenvalue weighted by Gasteiger charge is -2.41. The molecule has 4 unspecified atom stereocenters. The van der Waals surface area contributed by atoms with E-state index in [9.17, 15) is 38.6 Å². The molecular weight excluding hydrogens is 716 g/mol. The highest BCUT2D eigenvalue weighted by Gasteiger charge is 2.38. The summed E-state index contributed by atoms with van der Waals surface area (Å²) in [5, 5.41) is 27.2. The largest absolute Gasteiger partial charge is 0.480 e. The molecule has 0 spiro atoms. The first-order valence-electron chi connectivity index (χ1n) is 18.1. The second-order valence-corrected chi connectivity index (χ2v) is 14.5. The number of aliphatic hydroxyl groups excluding tert-OH is 1. The summed E-state index contributed by atoms with van der Waals surface area (Å²) in [5.41, 5.74) is 12.8. The maximum Gasteiger partial charge on any atom is 0.328 e. The number of nitrogens with two attached hydrogens (primary N) is 2. The number of nitrogens with one attached hydrogen (secondary N) is 3. The van der Waals surface area contributed by atoms with E-state index in [-0.39, 0.29) is 24.9 Å². The van der Waals surface area contributed by atoms with Gasteiger partial charge in [0.2, 0.25) is 23.6 Å². The molecule has 1 aromatic heterocycles. The van der Waals surface area contributed by atoms with Gasteiger partial charge in [0.25, 0.3) is 0 Å². The van der Waals surface area contributed by atoms with Crippen LogP contribution in [0.25, 0.3) is 11.1 Å². The van der Waals surface area contributed by atoms with Crippen molar-refractivity contribution >= 4 is 29.6 Å². The van der Waals surface area contributed by atoms with Crippen LogP contribution in [-0.4, -0.2) is 93.6 Å². The van der Waals surface area contributed by atoms with Gasteiger partial charge in [-0.05, 0) is 67.5 Å². The summed E-state index contributed by atoms with van der Waals surface area (Å²) in [5.74, 6) is -5.38. The average molecular weight is 770 g/mol. The monoisotopic (exact) mass is 769 g/mol. The van der Waals surface area contributed by atoms with Crippen LogP contribution in [0.2, 0.25) is 0 Å². The van der Waals surface area contributed by atoms with Gasteiger partial charge in [0.15, 0.2) is 0 Å². The molecule has 3 aromatic rings. The molecular formula is C39H53F2N7O7. The fourth-order valence-electron chi connectivity index (χ4n) is 6.32. The zero-order chi connectivity index (χ0) is 40.9. The molecule has 3 rings (SSSR count). The quantitative estimate of drug-likeness (QED) is 0.0838. The minimum absolute atomic E-state index is 0.0147. The van der Waals surface area contributed by atoms with E-state index in [4.69, 9.17) is 11.5 Å². The molecule has 4 atom stereocenters. The third-order valence-corrected chi connectivity index (χ3v) is 8.99. The standard InChI is InChI=1S/C39H53F2N7O7/c1-24(50)45-31(12-8-9-16-42)37(53)44-20-32(38(54)55)46-36(52)30(43)15-17-48(34(51)23-49)35(39(2,3)4)33-18-26(28-19-27(40)13-14-29(28)41)22-47(33)21-25-10-6-5-7-11-25/h5-7,10-11,13-14,18-19,22,30-32,35,49H,8-9,12,15-17,20-21,23,42-43H2,1-4H3,(H,44,53)(H,45,50)(H,46,52)(H,54,55). The van der Waals surface area contributed by atoms with Crippen LogP contribution in [0, 0.1) is 17.0 Å². The van der Waals surface area contributed by atoms with Gasteiger partial charge in [-0.15, -0.1) is 0 Å². The van der Waals surface area contributed by atoms with Gasteiger partial charge in [0, 0.05) is 49.6 Å². The molecule has 0 fully saturated rings. The van der Waals surface area contributed by atoms with Crippen LogP contribution in [0.5, 0.6) is 0 Å². The van der Waals surface area contributed by atoms with Crippen LogP contribution >= 0.6 is 0 Å². The molecule has 9 N–H and O–H groups in total. The van der Waals surface area contributed by atoms with E-state index in [1.165, 1.54) is 11.8 Å². The molecule has 0 saturated heterocycles. The molecule has 2 aromatic carbocycles. The van der Waals surface area contributed by atoms with Crippen LogP contribution in [0.15, 0.2) is 60.8 Å². The molecule has 4 amide bonds. The van der Waals surface area contributed by atoms with Crippen LogP contribution < -0.4 is 27.4 Å². The number of hydrogen-bond donors (Lipinski definition) is 7. The summed E-state index contributed by atoms with van der Waals surface area (Å²) in [6, 6.07) is 9.54. The number of amides is 4. The third kappa shape index (κ3) is 13.0. The number of unbranched alkanes of at least 4 members (excludes halogenated alkanes) is 1. The number of halogens is 2. The van der Waals surface area contributed by atoms with Gasteiger partial charge in [0.1, 0.15) is 30.3 Å². The van der Waals surface area contributed by atoms with Crippen molar-refractivity contribution in [2.24, 2.45) is 16.9 Å². The Balaban J connectivity index is 1.87. The summed E-state index contributed by atoms with van der Waals surface area (Å²) in [6.45, 7) is 5.99. The number of carboxylic acid groups (broad SMARTS) is 1. The number of aromatic nitrogens is 1. The predicted molar refractivity (Wildman–Crippen MR) is 202 cm³/mol. The maximum atomic E-state index is 15.0. The van der Waals surface area contributed by atoms with E-state index in [2.05, 4.69) is 16.0 Å². The molecule has 14 nitrogen and oxygen atoms in total. The Morgan fingerprint density at radius 2 is 1.62 bits per heavy atom. The Labute approximate surface area is 319 Å². The normalized spacial score (nSPS) is 13.6. The lowest BCUT2D eigenvalue weighted by atomic mass is 9.82. The molecule has 0 aliphatic rings. The van der Waals surface area contributed by atoms with E-state index < -0.39 is 84.0 Å². The zero-order valence-corrected chi connectivity index (χ0v) is 31.7. The van der Waals surface area contributed by atoms with E-state index in [0.29, 0.717) is 37.2 Å². The SMILES string of the molecule is CC(=O)NC(CCCCN)C(=O)NCC(NC(=O)C(N)CCN(C(=O)CO)C(c1cc(-c2cc(F)ccc2F)cn1Cc1ccccc1)C(C)(C)C)C(=O)O. The smallest absolute Gasteiger partial charge is 0.328 e. The van der Waals surface area contributed by atoms with Crippen LogP contribution in [0.3, 0.4) is 0 Å². The fourth-order valence-corrected chi connectivity index (χ4v) is 6.32. The van der Waals surface area contributed by atoms with Gasteiger partial charge < -0.3 is 47.1 Å². The number of carbonyl (C=O) groups is 5. The van der Waals surface area contributed by atoms with Gasteiger partial charge in [-0.1, -0.05) is 51.1 Å². The average Bonchev–Trinajstić information content (AvgIpc) is 3.53. The van der Waals surface area contributed by atoms with Gasteiger partial charge >= 0.3 is 5.97 Å². The molecule has 55 heavy (non-hydrogen) atoms. The Morgan fingerprint density at radius 1 is 0.927 bits per heavy atom. The molecule has 300 valence electrons. The molecule has 16 heteroatoms. The molecule has 0 bridgehead atoms. The number of carboxylic acids is 1. The van der Waals surface area contributed by atoms with E-state index in [1.54, 1.807) is 12.3 Å². The second-order valence-electron chi connectivity index (χ2n) is 14.5. The number of benzene rings is 2. The number of aliphatic carboxylic acids is 1. The third-order valence-electron chi connectivity index (χ3n) is 8.99. The lowest BCUT2D eigenvalue weighted by molar-refractivity contribution is -0.142. The summed E-state index contributed by atoms with van der Waals surface area (Å²) in [7, 11) is 0. The Hall–Kier alpha value is -5.19. The highest BCUT2D eigenvalue weighted by Crippen LogP contribution is 2.41. The van der Waals surface area contributed by atoms with Crippen molar-refractivity contribution in [1.82, 2.24) is 25.4 Å². The van der Waals surface area contributed by atoms with Crippen molar-refractivity contribution < 1.29 is 43.0 Å². The topological polar surface area (TPSA) is 222 Å². The zero-order valence-electron chi connectivity index (χ0n) is 31.7. The van der Waals surface area contributed by atoms with E-state index in [0.717, 1.165) is 23.8 Å². The van der Waals surface area contributed by atoms with Crippen molar-refractivity contribution in [2.45, 2.75) is 84.1 Å². The Kier molecular flexibility index (Phi) is 16.5. The summed E-state index contributed by atoms with van der Waals surface area (Å²) in [4.78, 5) is 64.6. The molecule has 0 aliphatic heterocycles. The van der Waals surface area contributed by atoms with Gasteiger partial charge in [-0.2, -0.15) is 0 Å². The van der Waals surface area contributed by atoms with Crippen molar-refractivity contribution in [2.75, 3.05) is 26.2 Å². The van der Waals surface area contributed by atoms with Crippen molar-refractivity contribution in [3.05, 3.63) is 83.7 Å². The van der Waals surface area contributed by atoms with Crippen LogP contribution in [0.1, 0.15) is 70.7 Å². The molecule has 0 aliphatic carbocycles. The Bertz CT molecular complexity index is 1780. The van der Waals surface area contributed by atoms with Gasteiger partial charge in [-0.25, -0.2) is 13.6 Å². The number of aliphatic hydroxyl groups is 1. The van der Waals surface area contributed by atoms with Gasteiger partial charge in [-0.3, -0.25) is 19.2 Å². The number of nitrogens with zero attached hydrogens (tertiary/aromatic N) is 2. The fraction of sp³-hybridized carbons (Fsp3) is 0.462. The van der Waals surface area contributed by atoms with Crippen molar-refractivity contribution in [3.63, 3.8) is 0 Å². The minimum atomic E-state index is -1.58. The highest BCUT2D eigenvalue weighted by atomic mass is 19.1. The van der Waals surface area contributed by atoms with E-state index in [1.807, 2.05) is 55.7 Å². The molecule has 0 saturated carbocycles. The Morgan fingerprint density at radius 3 is 2.22 bits per heavy atom. The van der Waals surface area contributed by atoms with Crippen molar-refractivity contribution in [1.29, 1.82) is 0 Å². The summed E-state index contributed by atoms with van der Waals surface area (Å²) < 4.78 is 31.2. The van der Waals surface area contributed by atoms with Crippen molar-refractivity contribution in [3.8, 4) is 11.1 Å². The number of rotatable bonds is 20. The lowest BCUT2D eigenvalue weighted by Crippen LogP contribution is -2.55. The van der Waals surface area contributed by atoms with Crippen LogP contribution in [0.4, 0.5) is 8.78 Å². The summed E-state index contributed by atoms with van der Waals surface area (Å²) in [6.07, 6.45) is 2.93. The second kappa shape index (κ2) is 20.5. The van der Waals surface area contributed by atoms with Gasteiger partial charge in [0.05, 0.1) is 12.1 Å². The number of carbonyl (C=O) groups excluding carboxylic acids is 4. The molecule has 1 heterocycles. The van der Waals surface area contributed by atoms with Crippen LogP contribution in [-0.2, 0) is 30.5 Å². The number of hydrogen-bond acceptors (Lipinski definition) is 8. The molecule has 0 radical (unpaired) electrons. The highest BCUT2D eigenvalue weighted by molar-refractivity contribution is 5.89.